The third-order valence-corrected chi connectivity index (χ3v) is 7.11. The quantitative estimate of drug-likeness (QED) is 0.703. The molecule has 0 spiro atoms. The number of aryl methyl sites for hydroxylation is 2. The molecule has 0 saturated heterocycles. The summed E-state index contributed by atoms with van der Waals surface area (Å²) in [7, 11) is 0. The fourth-order valence-electron chi connectivity index (χ4n) is 5.67. The van der Waals surface area contributed by atoms with Crippen LogP contribution in [0.2, 0.25) is 0 Å². The molecule has 3 saturated carbocycles. The monoisotopic (exact) mass is 410 g/mol. The van der Waals surface area contributed by atoms with Crippen LogP contribution in [-0.4, -0.2) is 29.9 Å². The van der Waals surface area contributed by atoms with Crippen LogP contribution in [0.25, 0.3) is 0 Å². The second-order valence-corrected chi connectivity index (χ2v) is 9.32. The lowest BCUT2D eigenvalue weighted by atomic mass is 9.44. The Morgan fingerprint density at radius 2 is 1.97 bits per heavy atom. The predicted octanol–water partition coefficient (Wildman–Crippen LogP) is 4.12. The summed E-state index contributed by atoms with van der Waals surface area (Å²) in [6.45, 7) is 2.82. The molecular formula is C22H24F2N6. The Hall–Kier alpha value is -2.77. The second-order valence-electron chi connectivity index (χ2n) is 9.32. The molecular weight excluding hydrogens is 386 g/mol. The first-order valence-electron chi connectivity index (χ1n) is 10.6. The predicted molar refractivity (Wildman–Crippen MR) is 107 cm³/mol. The zero-order chi connectivity index (χ0) is 20.5. The lowest BCUT2D eigenvalue weighted by Gasteiger charge is -2.70. The van der Waals surface area contributed by atoms with E-state index in [0.717, 1.165) is 62.2 Å². The maximum absolute atomic E-state index is 13.8. The van der Waals surface area contributed by atoms with Gasteiger partial charge in [-0.15, -0.1) is 5.10 Å². The SMILES string of the molecule is Cc1cn(C23CC(Nc4nc5n(n4)CCCC[C@H]5c4ccc(F)c(F)c4)(C2)C3)cn1. The van der Waals surface area contributed by atoms with Crippen LogP contribution in [0, 0.1) is 18.6 Å². The molecule has 3 heterocycles. The van der Waals surface area contributed by atoms with E-state index in [1.165, 1.54) is 12.1 Å². The van der Waals surface area contributed by atoms with Gasteiger partial charge in [-0.25, -0.2) is 18.4 Å². The number of anilines is 1. The van der Waals surface area contributed by atoms with Gasteiger partial charge in [-0.1, -0.05) is 12.5 Å². The molecule has 8 heteroatoms. The smallest absolute Gasteiger partial charge is 0.242 e. The Kier molecular flexibility index (Phi) is 3.68. The van der Waals surface area contributed by atoms with Gasteiger partial charge in [-0.3, -0.25) is 0 Å². The molecule has 1 aliphatic heterocycles. The number of fused-ring (bicyclic) bond motifs is 1. The van der Waals surface area contributed by atoms with E-state index in [-0.39, 0.29) is 17.0 Å². The molecule has 3 aliphatic carbocycles. The highest BCUT2D eigenvalue weighted by Gasteiger charge is 2.69. The Morgan fingerprint density at radius 3 is 2.70 bits per heavy atom. The first-order chi connectivity index (χ1) is 14.5. The van der Waals surface area contributed by atoms with Crippen molar-refractivity contribution in [3.8, 4) is 0 Å². The van der Waals surface area contributed by atoms with Crippen LogP contribution in [-0.2, 0) is 12.1 Å². The molecule has 0 unspecified atom stereocenters. The molecule has 30 heavy (non-hydrogen) atoms. The molecule has 6 nitrogen and oxygen atoms in total. The average Bonchev–Trinajstić information content (AvgIpc) is 3.21. The largest absolute Gasteiger partial charge is 0.347 e. The molecule has 7 rings (SSSR count). The summed E-state index contributed by atoms with van der Waals surface area (Å²) in [4.78, 5) is 9.18. The van der Waals surface area contributed by atoms with E-state index in [1.54, 1.807) is 6.07 Å². The Labute approximate surface area is 173 Å². The van der Waals surface area contributed by atoms with Gasteiger partial charge in [0.05, 0.1) is 17.6 Å². The zero-order valence-corrected chi connectivity index (χ0v) is 16.9. The highest BCUT2D eigenvalue weighted by molar-refractivity contribution is 5.42. The van der Waals surface area contributed by atoms with Gasteiger partial charge in [0.1, 0.15) is 5.82 Å². The van der Waals surface area contributed by atoms with Crippen molar-refractivity contribution in [2.45, 2.75) is 69.0 Å². The molecule has 3 fully saturated rings. The topological polar surface area (TPSA) is 60.6 Å². The maximum atomic E-state index is 13.8. The van der Waals surface area contributed by atoms with Crippen molar-refractivity contribution in [1.82, 2.24) is 24.3 Å². The molecule has 1 aromatic carbocycles. The van der Waals surface area contributed by atoms with Crippen LogP contribution < -0.4 is 5.32 Å². The number of nitrogens with one attached hydrogen (secondary N) is 1. The Morgan fingerprint density at radius 1 is 1.13 bits per heavy atom. The number of hydrogen-bond donors (Lipinski definition) is 1. The Bertz CT molecular complexity index is 1110. The Balaban J connectivity index is 1.23. The van der Waals surface area contributed by atoms with Crippen LogP contribution in [0.4, 0.5) is 14.7 Å². The van der Waals surface area contributed by atoms with Gasteiger partial charge < -0.3 is 9.88 Å². The van der Waals surface area contributed by atoms with Gasteiger partial charge >= 0.3 is 0 Å². The molecule has 2 aromatic heterocycles. The molecule has 2 bridgehead atoms. The molecule has 4 aliphatic rings. The number of rotatable bonds is 4. The minimum atomic E-state index is -0.818. The van der Waals surface area contributed by atoms with Gasteiger partial charge in [0.15, 0.2) is 11.6 Å². The zero-order valence-electron chi connectivity index (χ0n) is 16.9. The summed E-state index contributed by atoms with van der Waals surface area (Å²) in [5, 5.41) is 8.31. The van der Waals surface area contributed by atoms with Crippen LogP contribution >= 0.6 is 0 Å². The average molecular weight is 410 g/mol. The molecule has 3 aromatic rings. The minimum Gasteiger partial charge on any atom is -0.347 e. The first-order valence-corrected chi connectivity index (χ1v) is 10.6. The van der Waals surface area contributed by atoms with Gasteiger partial charge in [-0.2, -0.15) is 4.98 Å². The minimum absolute atomic E-state index is 0.0588. The third kappa shape index (κ3) is 2.62. The van der Waals surface area contributed by atoms with Gasteiger partial charge in [-0.05, 0) is 56.7 Å². The summed E-state index contributed by atoms with van der Waals surface area (Å²) in [6, 6.07) is 4.17. The van der Waals surface area contributed by atoms with Crippen LogP contribution in [0.1, 0.15) is 61.5 Å². The lowest BCUT2D eigenvalue weighted by molar-refractivity contribution is -0.100. The van der Waals surface area contributed by atoms with E-state index >= 15 is 0 Å². The van der Waals surface area contributed by atoms with Crippen LogP contribution in [0.3, 0.4) is 0 Å². The van der Waals surface area contributed by atoms with Gasteiger partial charge in [0.25, 0.3) is 0 Å². The first kappa shape index (κ1) is 18.0. The summed E-state index contributed by atoms with van der Waals surface area (Å²) >= 11 is 0. The van der Waals surface area contributed by atoms with E-state index < -0.39 is 11.6 Å². The van der Waals surface area contributed by atoms with E-state index in [9.17, 15) is 8.78 Å². The molecule has 156 valence electrons. The van der Waals surface area contributed by atoms with Crippen molar-refractivity contribution in [3.05, 3.63) is 59.4 Å². The number of halogens is 2. The van der Waals surface area contributed by atoms with E-state index in [0.29, 0.717) is 5.95 Å². The van der Waals surface area contributed by atoms with E-state index in [4.69, 9.17) is 10.1 Å². The third-order valence-electron chi connectivity index (χ3n) is 7.11. The maximum Gasteiger partial charge on any atom is 0.242 e. The van der Waals surface area contributed by atoms with Crippen LogP contribution in [0.5, 0.6) is 0 Å². The fraction of sp³-hybridized carbons (Fsp3) is 0.500. The lowest BCUT2D eigenvalue weighted by Crippen LogP contribution is -2.75. The highest BCUT2D eigenvalue weighted by atomic mass is 19.2. The summed E-state index contributed by atoms with van der Waals surface area (Å²) in [5.41, 5.74) is 2.06. The van der Waals surface area contributed by atoms with Crippen molar-refractivity contribution < 1.29 is 8.78 Å². The highest BCUT2D eigenvalue weighted by Crippen LogP contribution is 2.66. The van der Waals surface area contributed by atoms with E-state index in [2.05, 4.69) is 21.1 Å². The fourth-order valence-corrected chi connectivity index (χ4v) is 5.67. The number of benzene rings is 1. The van der Waals surface area contributed by atoms with E-state index in [1.807, 2.05) is 17.9 Å². The number of nitrogens with zero attached hydrogens (tertiary/aromatic N) is 5. The molecule has 0 amide bonds. The van der Waals surface area contributed by atoms with Gasteiger partial charge in [0.2, 0.25) is 5.95 Å². The summed E-state index contributed by atoms with van der Waals surface area (Å²) in [5.74, 6) is -0.210. The van der Waals surface area contributed by atoms with Crippen molar-refractivity contribution >= 4 is 5.95 Å². The summed E-state index contributed by atoms with van der Waals surface area (Å²) < 4.78 is 31.4. The van der Waals surface area contributed by atoms with Gasteiger partial charge in [0, 0.05) is 24.2 Å². The number of hydrogen-bond acceptors (Lipinski definition) is 4. The molecule has 1 atom stereocenters. The second kappa shape index (κ2) is 6.12. The summed E-state index contributed by atoms with van der Waals surface area (Å²) in [6.07, 6.45) is 10.1. The van der Waals surface area contributed by atoms with Crippen LogP contribution in [0.15, 0.2) is 30.7 Å². The normalized spacial score (nSPS) is 29.5. The van der Waals surface area contributed by atoms with Crippen molar-refractivity contribution in [2.75, 3.05) is 5.32 Å². The molecule has 0 radical (unpaired) electrons. The number of imidazole rings is 1. The number of aromatic nitrogens is 5. The van der Waals surface area contributed by atoms with Crippen molar-refractivity contribution in [2.24, 2.45) is 0 Å². The van der Waals surface area contributed by atoms with Crippen molar-refractivity contribution in [3.63, 3.8) is 0 Å². The van der Waals surface area contributed by atoms with Crippen molar-refractivity contribution in [1.29, 1.82) is 0 Å². The standard InChI is InChI=1S/C22H24F2N6/c1-14-9-29(13-25-14)22-10-21(11-22,12-22)27-20-26-19-16(4-2-3-7-30(19)28-20)15-5-6-17(23)18(24)8-15/h5-6,8-9,13,16H,2-4,7,10-12H2,1H3,(H,27,28)/t16-,21?,22?/m0/s1. The molecule has 1 N–H and O–H groups in total.